The summed E-state index contributed by atoms with van der Waals surface area (Å²) in [4.78, 5) is 15.8. The zero-order chi connectivity index (χ0) is 17.8. The van der Waals surface area contributed by atoms with Gasteiger partial charge in [-0.1, -0.05) is 18.2 Å². The fourth-order valence-electron chi connectivity index (χ4n) is 4.57. The van der Waals surface area contributed by atoms with Crippen molar-refractivity contribution in [3.05, 3.63) is 54.1 Å². The molecular weight excluding hydrogens is 328 g/mol. The van der Waals surface area contributed by atoms with E-state index >= 15 is 0 Å². The molecule has 3 aromatic rings. The Hall–Kier alpha value is -2.82. The van der Waals surface area contributed by atoms with Gasteiger partial charge in [0.05, 0.1) is 24.9 Å². The molecule has 1 N–H and O–H groups in total. The van der Waals surface area contributed by atoms with Crippen molar-refractivity contribution < 1.29 is 18.8 Å². The molecule has 2 aromatic heterocycles. The molecule has 0 aliphatic carbocycles. The molecule has 0 saturated carbocycles. The van der Waals surface area contributed by atoms with Crippen molar-refractivity contribution in [3.63, 3.8) is 0 Å². The van der Waals surface area contributed by atoms with Crippen LogP contribution in [0.3, 0.4) is 0 Å². The summed E-state index contributed by atoms with van der Waals surface area (Å²) in [5, 5.41) is 2.46. The molecule has 2 aliphatic rings. The highest BCUT2D eigenvalue weighted by Crippen LogP contribution is 2.38. The second kappa shape index (κ2) is 5.59. The van der Waals surface area contributed by atoms with Gasteiger partial charge in [-0.05, 0) is 13.0 Å². The van der Waals surface area contributed by atoms with Gasteiger partial charge in [0.25, 0.3) is 0 Å². The lowest BCUT2D eigenvalue weighted by molar-refractivity contribution is -0.717. The largest absolute Gasteiger partial charge is 0.497 e. The Morgan fingerprint density at radius 2 is 2.12 bits per heavy atom. The van der Waals surface area contributed by atoms with Crippen LogP contribution in [0.25, 0.3) is 21.8 Å². The van der Waals surface area contributed by atoms with Gasteiger partial charge in [0.15, 0.2) is 12.7 Å². The Morgan fingerprint density at radius 1 is 1.27 bits per heavy atom. The zero-order valence-corrected chi connectivity index (χ0v) is 14.9. The van der Waals surface area contributed by atoms with Crippen LogP contribution >= 0.6 is 0 Å². The number of esters is 1. The number of ether oxygens (including phenoxy) is 2. The lowest BCUT2D eigenvalue weighted by Crippen LogP contribution is -2.53. The summed E-state index contributed by atoms with van der Waals surface area (Å²) >= 11 is 0. The Balaban J connectivity index is 1.68. The quantitative estimate of drug-likeness (QED) is 0.543. The SMILES string of the molecule is COC(=O)C1=COC(C)[C@H]2C[n+]3ccc4c([nH]c5ccccc54)c3C[C@H]12. The molecule has 3 atom stereocenters. The molecule has 0 saturated heterocycles. The number of carbonyl (C=O) groups excluding carboxylic acids is 1. The number of methoxy groups -OCH3 is 1. The average Bonchev–Trinajstić information content (AvgIpc) is 3.06. The number of nitrogens with one attached hydrogen (secondary N) is 1. The number of hydrogen-bond acceptors (Lipinski definition) is 3. The molecule has 5 nitrogen and oxygen atoms in total. The van der Waals surface area contributed by atoms with Crippen molar-refractivity contribution in [1.29, 1.82) is 0 Å². The normalized spacial score (nSPS) is 24.5. The first-order valence-corrected chi connectivity index (χ1v) is 9.03. The average molecular weight is 349 g/mol. The van der Waals surface area contributed by atoms with Gasteiger partial charge in [-0.2, -0.15) is 0 Å². The number of carbonyl (C=O) groups is 1. The van der Waals surface area contributed by atoms with E-state index in [0.717, 1.165) is 24.0 Å². The van der Waals surface area contributed by atoms with Crippen molar-refractivity contribution in [2.75, 3.05) is 7.11 Å². The highest BCUT2D eigenvalue weighted by Gasteiger charge is 2.45. The van der Waals surface area contributed by atoms with Crippen molar-refractivity contribution in [2.24, 2.45) is 11.8 Å². The first-order valence-electron chi connectivity index (χ1n) is 9.03. The lowest BCUT2D eigenvalue weighted by atomic mass is 9.76. The highest BCUT2D eigenvalue weighted by molar-refractivity contribution is 6.07. The van der Waals surface area contributed by atoms with Crippen LogP contribution in [-0.4, -0.2) is 24.2 Å². The zero-order valence-electron chi connectivity index (χ0n) is 14.9. The van der Waals surface area contributed by atoms with Crippen LogP contribution in [0.15, 0.2) is 48.4 Å². The van der Waals surface area contributed by atoms with Crippen molar-refractivity contribution >= 4 is 27.8 Å². The van der Waals surface area contributed by atoms with Gasteiger partial charge < -0.3 is 14.5 Å². The van der Waals surface area contributed by atoms with Crippen LogP contribution in [0.1, 0.15) is 12.6 Å². The summed E-state index contributed by atoms with van der Waals surface area (Å²) < 4.78 is 13.0. The van der Waals surface area contributed by atoms with E-state index in [0.29, 0.717) is 5.57 Å². The smallest absolute Gasteiger partial charge is 0.337 e. The molecule has 26 heavy (non-hydrogen) atoms. The second-order valence-electron chi connectivity index (χ2n) is 7.25. The Morgan fingerprint density at radius 3 is 2.96 bits per heavy atom. The molecule has 0 spiro atoms. The monoisotopic (exact) mass is 349 g/mol. The number of nitrogens with zero attached hydrogens (tertiary/aromatic N) is 1. The first kappa shape index (κ1) is 15.4. The lowest BCUT2D eigenvalue weighted by Gasteiger charge is -2.36. The predicted octanol–water partition coefficient (Wildman–Crippen LogP) is 2.87. The Bertz CT molecular complexity index is 1070. The van der Waals surface area contributed by atoms with Crippen LogP contribution in [0.5, 0.6) is 0 Å². The maximum atomic E-state index is 12.3. The molecular formula is C21H21N2O3+. The van der Waals surface area contributed by atoms with E-state index in [1.165, 1.54) is 23.6 Å². The van der Waals surface area contributed by atoms with Crippen LogP contribution < -0.4 is 4.57 Å². The molecule has 5 heteroatoms. The molecule has 5 rings (SSSR count). The number of para-hydroxylation sites is 1. The van der Waals surface area contributed by atoms with Gasteiger partial charge in [0.1, 0.15) is 11.6 Å². The first-order chi connectivity index (χ1) is 12.7. The molecule has 0 radical (unpaired) electrons. The number of aromatic nitrogens is 2. The molecule has 132 valence electrons. The van der Waals surface area contributed by atoms with Gasteiger partial charge in [0, 0.05) is 34.7 Å². The van der Waals surface area contributed by atoms with Gasteiger partial charge in [-0.25, -0.2) is 9.36 Å². The molecule has 0 fully saturated rings. The Kier molecular flexibility index (Phi) is 3.32. The minimum absolute atomic E-state index is 0.0764. The van der Waals surface area contributed by atoms with Gasteiger partial charge in [-0.15, -0.1) is 0 Å². The minimum Gasteiger partial charge on any atom is -0.497 e. The van der Waals surface area contributed by atoms with E-state index in [2.05, 4.69) is 46.9 Å². The third-order valence-corrected chi connectivity index (χ3v) is 5.97. The number of H-pyrrole nitrogens is 1. The summed E-state index contributed by atoms with van der Waals surface area (Å²) in [5.41, 5.74) is 4.19. The molecule has 2 aliphatic heterocycles. The molecule has 4 heterocycles. The highest BCUT2D eigenvalue weighted by atomic mass is 16.5. The Labute approximate surface area is 151 Å². The van der Waals surface area contributed by atoms with Crippen LogP contribution in [0.4, 0.5) is 0 Å². The second-order valence-corrected chi connectivity index (χ2v) is 7.25. The van der Waals surface area contributed by atoms with Gasteiger partial charge in [0.2, 0.25) is 5.69 Å². The number of fused-ring (bicyclic) bond motifs is 6. The predicted molar refractivity (Wildman–Crippen MR) is 97.3 cm³/mol. The molecule has 0 bridgehead atoms. The maximum Gasteiger partial charge on any atom is 0.337 e. The summed E-state index contributed by atoms with van der Waals surface area (Å²) in [6.07, 6.45) is 4.64. The summed E-state index contributed by atoms with van der Waals surface area (Å²) in [6, 6.07) is 10.5. The van der Waals surface area contributed by atoms with E-state index in [4.69, 9.17) is 9.47 Å². The minimum atomic E-state index is -0.288. The van der Waals surface area contributed by atoms with Crippen molar-refractivity contribution in [1.82, 2.24) is 4.98 Å². The number of rotatable bonds is 1. The number of aromatic amines is 1. The summed E-state index contributed by atoms with van der Waals surface area (Å²) in [7, 11) is 1.43. The van der Waals surface area contributed by atoms with Crippen molar-refractivity contribution in [2.45, 2.75) is 26.0 Å². The van der Waals surface area contributed by atoms with Crippen LogP contribution in [0, 0.1) is 11.8 Å². The van der Waals surface area contributed by atoms with E-state index in [1.807, 2.05) is 6.07 Å². The topological polar surface area (TPSA) is 55.2 Å². The molecule has 1 aromatic carbocycles. The molecule has 1 unspecified atom stereocenters. The summed E-state index contributed by atoms with van der Waals surface area (Å²) in [6.45, 7) is 2.91. The van der Waals surface area contributed by atoms with Crippen LogP contribution in [0.2, 0.25) is 0 Å². The van der Waals surface area contributed by atoms with Gasteiger partial charge >= 0.3 is 5.97 Å². The van der Waals surface area contributed by atoms with Crippen LogP contribution in [-0.2, 0) is 27.2 Å². The van der Waals surface area contributed by atoms with E-state index in [-0.39, 0.29) is 23.9 Å². The van der Waals surface area contributed by atoms with Gasteiger partial charge in [-0.3, -0.25) is 0 Å². The van der Waals surface area contributed by atoms with Crippen molar-refractivity contribution in [3.8, 4) is 0 Å². The third kappa shape index (κ3) is 2.09. The van der Waals surface area contributed by atoms with E-state index in [1.54, 1.807) is 6.26 Å². The van der Waals surface area contributed by atoms with E-state index < -0.39 is 0 Å². The number of benzene rings is 1. The fourth-order valence-corrected chi connectivity index (χ4v) is 4.57. The molecule has 0 amide bonds. The third-order valence-electron chi connectivity index (χ3n) is 5.97. The van der Waals surface area contributed by atoms with E-state index in [9.17, 15) is 4.79 Å². The summed E-state index contributed by atoms with van der Waals surface area (Å²) in [5.74, 6) is 0.0841. The fraction of sp³-hybridized carbons (Fsp3) is 0.333. The maximum absolute atomic E-state index is 12.3. The number of pyridine rings is 1. The standard InChI is InChI=1S/C21H20N2O3/c1-12-16-10-23-8-7-14-13-5-3-4-6-18(13)22-20(14)19(23)9-15(16)17(11-26-12)21(24)25-2/h3-8,11-12,15-16H,9-10H2,1-2H3/p+1/t12?,15-,16+/m0/s1. The number of hydrogen-bond donors (Lipinski definition) is 1.